The van der Waals surface area contributed by atoms with Gasteiger partial charge in [-0.1, -0.05) is 44.5 Å². The van der Waals surface area contributed by atoms with Gasteiger partial charge in [0.15, 0.2) is 0 Å². The van der Waals surface area contributed by atoms with E-state index in [0.29, 0.717) is 12.0 Å². The summed E-state index contributed by atoms with van der Waals surface area (Å²) in [6.45, 7) is 4.33. The summed E-state index contributed by atoms with van der Waals surface area (Å²) >= 11 is 0. The van der Waals surface area contributed by atoms with E-state index >= 15 is 0 Å². The first-order valence-corrected chi connectivity index (χ1v) is 8.63. The van der Waals surface area contributed by atoms with Crippen LogP contribution < -0.4 is 5.32 Å². The summed E-state index contributed by atoms with van der Waals surface area (Å²) in [6, 6.07) is 9.39. The lowest BCUT2D eigenvalue weighted by molar-refractivity contribution is -0.123. The highest BCUT2D eigenvalue weighted by molar-refractivity contribution is 5.83. The van der Waals surface area contributed by atoms with Gasteiger partial charge in [-0.2, -0.15) is 0 Å². The fraction of sp³-hybridized carbons (Fsp3) is 0.632. The zero-order chi connectivity index (χ0) is 14.8. The van der Waals surface area contributed by atoms with E-state index in [0.717, 1.165) is 31.6 Å². The monoisotopic (exact) mass is 285 g/mol. The average molecular weight is 285 g/mol. The Balaban J connectivity index is 1.53. The minimum absolute atomic E-state index is 0.211. The maximum Gasteiger partial charge on any atom is 0.223 e. The van der Waals surface area contributed by atoms with Gasteiger partial charge in [-0.3, -0.25) is 4.79 Å². The Morgan fingerprint density at radius 1 is 1.19 bits per heavy atom. The number of carbonyl (C=O) groups excluding carboxylic acids is 1. The van der Waals surface area contributed by atoms with Crippen molar-refractivity contribution in [2.24, 2.45) is 5.92 Å². The van der Waals surface area contributed by atoms with Gasteiger partial charge in [-0.05, 0) is 55.1 Å². The molecule has 0 spiro atoms. The first-order chi connectivity index (χ1) is 10.2. The number of carbonyl (C=O) groups is 1. The van der Waals surface area contributed by atoms with Gasteiger partial charge in [-0.15, -0.1) is 0 Å². The lowest BCUT2D eigenvalue weighted by Crippen LogP contribution is -2.35. The Kier molecular flexibility index (Phi) is 4.32. The molecule has 2 nitrogen and oxygen atoms in total. The van der Waals surface area contributed by atoms with Crippen molar-refractivity contribution in [3.8, 4) is 0 Å². The van der Waals surface area contributed by atoms with E-state index in [1.54, 1.807) is 0 Å². The van der Waals surface area contributed by atoms with Crippen molar-refractivity contribution in [3.05, 3.63) is 35.4 Å². The third-order valence-corrected chi connectivity index (χ3v) is 5.02. The summed E-state index contributed by atoms with van der Waals surface area (Å²) in [6.07, 6.45) is 6.99. The Bertz CT molecular complexity index is 489. The molecular formula is C19H27NO. The largest absolute Gasteiger partial charge is 0.353 e. The highest BCUT2D eigenvalue weighted by Gasteiger charge is 2.44. The van der Waals surface area contributed by atoms with Gasteiger partial charge >= 0.3 is 0 Å². The molecule has 1 N–H and O–H groups in total. The van der Waals surface area contributed by atoms with Crippen LogP contribution in [0.5, 0.6) is 0 Å². The van der Waals surface area contributed by atoms with Crippen molar-refractivity contribution in [2.45, 2.75) is 70.3 Å². The summed E-state index contributed by atoms with van der Waals surface area (Å²) in [7, 11) is 0. The quantitative estimate of drug-likeness (QED) is 0.792. The second-order valence-corrected chi connectivity index (χ2v) is 6.79. The SMILES string of the molecule is CCC[C@H](CC)NC(=O)C1CC1c1ccc(C2CC2)cc1. The molecule has 1 amide bonds. The van der Waals surface area contributed by atoms with Gasteiger partial charge in [0, 0.05) is 12.0 Å². The van der Waals surface area contributed by atoms with Crippen LogP contribution in [0.4, 0.5) is 0 Å². The molecule has 2 fully saturated rings. The molecular weight excluding hydrogens is 258 g/mol. The molecule has 1 aromatic carbocycles. The zero-order valence-corrected chi connectivity index (χ0v) is 13.3. The first kappa shape index (κ1) is 14.6. The van der Waals surface area contributed by atoms with Gasteiger partial charge in [-0.25, -0.2) is 0 Å². The minimum atomic E-state index is 0.211. The topological polar surface area (TPSA) is 29.1 Å². The van der Waals surface area contributed by atoms with Gasteiger partial charge in [0.25, 0.3) is 0 Å². The highest BCUT2D eigenvalue weighted by Crippen LogP contribution is 2.48. The molecule has 21 heavy (non-hydrogen) atoms. The third-order valence-electron chi connectivity index (χ3n) is 5.02. The smallest absolute Gasteiger partial charge is 0.223 e. The summed E-state index contributed by atoms with van der Waals surface area (Å²) in [5.74, 6) is 1.75. The molecule has 3 rings (SSSR count). The minimum Gasteiger partial charge on any atom is -0.353 e. The Labute approximate surface area is 128 Å². The molecule has 0 aliphatic heterocycles. The number of benzene rings is 1. The van der Waals surface area contributed by atoms with Gasteiger partial charge in [0.05, 0.1) is 0 Å². The summed E-state index contributed by atoms with van der Waals surface area (Å²) in [5, 5.41) is 3.23. The maximum atomic E-state index is 12.3. The fourth-order valence-corrected chi connectivity index (χ4v) is 3.32. The highest BCUT2D eigenvalue weighted by atomic mass is 16.2. The van der Waals surface area contributed by atoms with E-state index < -0.39 is 0 Å². The van der Waals surface area contributed by atoms with Crippen LogP contribution >= 0.6 is 0 Å². The predicted molar refractivity (Wildman–Crippen MR) is 86.4 cm³/mol. The molecule has 0 heterocycles. The lowest BCUT2D eigenvalue weighted by Gasteiger charge is -2.16. The molecule has 0 aromatic heterocycles. The Morgan fingerprint density at radius 2 is 1.86 bits per heavy atom. The van der Waals surface area contributed by atoms with Crippen molar-refractivity contribution in [1.29, 1.82) is 0 Å². The van der Waals surface area contributed by atoms with Crippen LogP contribution in [-0.4, -0.2) is 11.9 Å². The van der Waals surface area contributed by atoms with Crippen molar-refractivity contribution >= 4 is 5.91 Å². The maximum absolute atomic E-state index is 12.3. The normalized spacial score (nSPS) is 25.4. The van der Waals surface area contributed by atoms with Crippen molar-refractivity contribution in [2.75, 3.05) is 0 Å². The van der Waals surface area contributed by atoms with E-state index in [2.05, 4.69) is 43.4 Å². The van der Waals surface area contributed by atoms with Crippen molar-refractivity contribution in [3.63, 3.8) is 0 Å². The van der Waals surface area contributed by atoms with Gasteiger partial charge < -0.3 is 5.32 Å². The molecule has 1 aromatic rings. The second-order valence-electron chi connectivity index (χ2n) is 6.79. The fourth-order valence-electron chi connectivity index (χ4n) is 3.32. The Morgan fingerprint density at radius 3 is 2.43 bits per heavy atom. The summed E-state index contributed by atoms with van der Waals surface area (Å²) in [4.78, 5) is 12.3. The van der Waals surface area contributed by atoms with Crippen LogP contribution in [0.15, 0.2) is 24.3 Å². The predicted octanol–water partition coefficient (Wildman–Crippen LogP) is 4.36. The number of nitrogens with one attached hydrogen (secondary N) is 1. The molecule has 0 radical (unpaired) electrons. The molecule has 2 aliphatic carbocycles. The summed E-state index contributed by atoms with van der Waals surface area (Å²) in [5.41, 5.74) is 2.83. The van der Waals surface area contributed by atoms with Gasteiger partial charge in [0.2, 0.25) is 5.91 Å². The third kappa shape index (κ3) is 3.48. The second kappa shape index (κ2) is 6.21. The standard InChI is InChI=1S/C19H27NO/c1-3-5-16(4-2)20-19(21)18-12-17(18)15-10-8-14(9-11-15)13-6-7-13/h8-11,13,16-18H,3-7,12H2,1-2H3,(H,20,21)/t16-,17?,18?/m0/s1. The van der Waals surface area contributed by atoms with Crippen molar-refractivity contribution in [1.82, 2.24) is 5.32 Å². The lowest BCUT2D eigenvalue weighted by atomic mass is 10.0. The molecule has 0 bridgehead atoms. The van der Waals surface area contributed by atoms with E-state index in [1.165, 1.54) is 24.0 Å². The Hall–Kier alpha value is -1.31. The zero-order valence-electron chi connectivity index (χ0n) is 13.3. The van der Waals surface area contributed by atoms with Crippen LogP contribution in [0.1, 0.15) is 75.3 Å². The number of hydrogen-bond donors (Lipinski definition) is 1. The van der Waals surface area contributed by atoms with Crippen LogP contribution in [0.25, 0.3) is 0 Å². The molecule has 2 aliphatic rings. The number of rotatable bonds is 7. The molecule has 2 heteroatoms. The molecule has 114 valence electrons. The van der Waals surface area contributed by atoms with E-state index in [4.69, 9.17) is 0 Å². The molecule has 2 saturated carbocycles. The van der Waals surface area contributed by atoms with Crippen LogP contribution in [-0.2, 0) is 4.79 Å². The first-order valence-electron chi connectivity index (χ1n) is 8.63. The van der Waals surface area contributed by atoms with Crippen LogP contribution in [0.3, 0.4) is 0 Å². The molecule has 3 atom stereocenters. The number of amides is 1. The van der Waals surface area contributed by atoms with Crippen LogP contribution in [0.2, 0.25) is 0 Å². The van der Waals surface area contributed by atoms with E-state index in [1.807, 2.05) is 0 Å². The van der Waals surface area contributed by atoms with E-state index in [9.17, 15) is 4.79 Å². The van der Waals surface area contributed by atoms with E-state index in [-0.39, 0.29) is 11.8 Å². The molecule has 0 saturated heterocycles. The summed E-state index contributed by atoms with van der Waals surface area (Å²) < 4.78 is 0. The molecule has 2 unspecified atom stereocenters. The van der Waals surface area contributed by atoms with Crippen molar-refractivity contribution < 1.29 is 4.79 Å². The number of hydrogen-bond acceptors (Lipinski definition) is 1. The van der Waals surface area contributed by atoms with Crippen LogP contribution in [0, 0.1) is 5.92 Å². The average Bonchev–Trinajstić information content (AvgIpc) is 3.40. The van der Waals surface area contributed by atoms with Gasteiger partial charge in [0.1, 0.15) is 0 Å².